The van der Waals surface area contributed by atoms with Crippen LogP contribution in [0.25, 0.3) is 10.9 Å². The van der Waals surface area contributed by atoms with Gasteiger partial charge in [0.1, 0.15) is 5.82 Å². The van der Waals surface area contributed by atoms with Gasteiger partial charge in [0.05, 0.1) is 16.8 Å². The van der Waals surface area contributed by atoms with Crippen molar-refractivity contribution < 1.29 is 0 Å². The lowest BCUT2D eigenvalue weighted by atomic mass is 10.2. The van der Waals surface area contributed by atoms with E-state index in [-0.39, 0.29) is 11.4 Å². The van der Waals surface area contributed by atoms with Crippen LogP contribution in [0, 0.1) is 0 Å². The second-order valence-electron chi connectivity index (χ2n) is 4.74. The number of fused-ring (bicyclic) bond motifs is 1. The van der Waals surface area contributed by atoms with Crippen molar-refractivity contribution in [3.63, 3.8) is 0 Å². The molecule has 0 radical (unpaired) electrons. The molecular weight excluding hydrogens is 286 g/mol. The van der Waals surface area contributed by atoms with Gasteiger partial charge in [-0.25, -0.2) is 4.98 Å². The third-order valence-corrected chi connectivity index (χ3v) is 3.67. The van der Waals surface area contributed by atoms with E-state index in [1.807, 2.05) is 30.3 Å². The van der Waals surface area contributed by atoms with Crippen molar-refractivity contribution >= 4 is 22.5 Å². The Morgan fingerprint density at radius 1 is 1.10 bits per heavy atom. The average molecular weight is 300 g/mol. The van der Waals surface area contributed by atoms with Crippen molar-refractivity contribution in [2.75, 3.05) is 0 Å². The summed E-state index contributed by atoms with van der Waals surface area (Å²) in [6.07, 6.45) is 4.24. The number of aryl methyl sites for hydroxylation is 1. The van der Waals surface area contributed by atoms with Crippen LogP contribution >= 0.6 is 11.6 Å². The lowest BCUT2D eigenvalue weighted by Gasteiger charge is -2.11. The summed E-state index contributed by atoms with van der Waals surface area (Å²) in [5.41, 5.74) is 1.79. The second kappa shape index (κ2) is 6.06. The number of nitrogens with zero attached hydrogens (tertiary/aromatic N) is 3. The SMILES string of the molecule is O=c1c2ccccc2nc(CCl)n1CCc1ccncc1. The first kappa shape index (κ1) is 13.8. The normalized spacial score (nSPS) is 10.9. The number of para-hydroxylation sites is 1. The monoisotopic (exact) mass is 299 g/mol. The molecule has 0 bridgehead atoms. The van der Waals surface area contributed by atoms with E-state index in [0.717, 1.165) is 12.0 Å². The Morgan fingerprint density at radius 2 is 1.86 bits per heavy atom. The fraction of sp³-hybridized carbons (Fsp3) is 0.188. The Bertz CT molecular complexity index is 815. The maximum absolute atomic E-state index is 12.6. The van der Waals surface area contributed by atoms with E-state index in [0.29, 0.717) is 23.3 Å². The molecule has 106 valence electrons. The summed E-state index contributed by atoms with van der Waals surface area (Å²) in [7, 11) is 0. The molecule has 2 aromatic heterocycles. The molecule has 0 N–H and O–H groups in total. The van der Waals surface area contributed by atoms with Gasteiger partial charge in [0, 0.05) is 18.9 Å². The van der Waals surface area contributed by atoms with Crippen LogP contribution in [-0.4, -0.2) is 14.5 Å². The van der Waals surface area contributed by atoms with Crippen molar-refractivity contribution in [1.82, 2.24) is 14.5 Å². The summed E-state index contributed by atoms with van der Waals surface area (Å²) in [5.74, 6) is 0.825. The molecule has 4 nitrogen and oxygen atoms in total. The van der Waals surface area contributed by atoms with E-state index < -0.39 is 0 Å². The molecule has 0 fully saturated rings. The predicted octanol–water partition coefficient (Wildman–Crippen LogP) is 2.77. The highest BCUT2D eigenvalue weighted by atomic mass is 35.5. The van der Waals surface area contributed by atoms with Gasteiger partial charge in [-0.15, -0.1) is 11.6 Å². The van der Waals surface area contributed by atoms with Crippen molar-refractivity contribution in [3.05, 3.63) is 70.5 Å². The molecule has 0 atom stereocenters. The van der Waals surface area contributed by atoms with Crippen LogP contribution < -0.4 is 5.56 Å². The smallest absolute Gasteiger partial charge is 0.261 e. The largest absolute Gasteiger partial charge is 0.295 e. The lowest BCUT2D eigenvalue weighted by molar-refractivity contribution is 0.634. The number of benzene rings is 1. The second-order valence-corrected chi connectivity index (χ2v) is 5.01. The number of hydrogen-bond donors (Lipinski definition) is 0. The first-order chi connectivity index (χ1) is 10.3. The number of alkyl halides is 1. The topological polar surface area (TPSA) is 47.8 Å². The molecule has 0 amide bonds. The summed E-state index contributed by atoms with van der Waals surface area (Å²) in [5, 5.41) is 0.626. The summed E-state index contributed by atoms with van der Waals surface area (Å²) in [6, 6.07) is 11.2. The number of halogens is 1. The molecule has 0 unspecified atom stereocenters. The highest BCUT2D eigenvalue weighted by Gasteiger charge is 2.09. The van der Waals surface area contributed by atoms with E-state index in [1.165, 1.54) is 0 Å². The Morgan fingerprint density at radius 3 is 2.62 bits per heavy atom. The maximum atomic E-state index is 12.6. The Balaban J connectivity index is 2.01. The van der Waals surface area contributed by atoms with Crippen molar-refractivity contribution in [2.45, 2.75) is 18.8 Å². The van der Waals surface area contributed by atoms with E-state index in [4.69, 9.17) is 11.6 Å². The summed E-state index contributed by atoms with van der Waals surface area (Å²) in [4.78, 5) is 21.1. The lowest BCUT2D eigenvalue weighted by Crippen LogP contribution is -2.25. The Kier molecular flexibility index (Phi) is 3.97. The van der Waals surface area contributed by atoms with Gasteiger partial charge in [0.2, 0.25) is 0 Å². The molecular formula is C16H14ClN3O. The number of pyridine rings is 1. The van der Waals surface area contributed by atoms with Crippen LogP contribution in [0.1, 0.15) is 11.4 Å². The number of hydrogen-bond acceptors (Lipinski definition) is 3. The zero-order chi connectivity index (χ0) is 14.7. The Hall–Kier alpha value is -2.20. The minimum atomic E-state index is -0.0368. The molecule has 0 aliphatic rings. The van der Waals surface area contributed by atoms with Gasteiger partial charge >= 0.3 is 0 Å². The highest BCUT2D eigenvalue weighted by Crippen LogP contribution is 2.10. The van der Waals surface area contributed by atoms with Crippen LogP contribution in [0.15, 0.2) is 53.6 Å². The first-order valence-corrected chi connectivity index (χ1v) is 7.26. The summed E-state index contributed by atoms with van der Waals surface area (Å²) < 4.78 is 1.66. The number of aromatic nitrogens is 3. The minimum Gasteiger partial charge on any atom is -0.295 e. The standard InChI is InChI=1S/C16H14ClN3O/c17-11-15-19-14-4-2-1-3-13(14)16(21)20(15)10-7-12-5-8-18-9-6-12/h1-6,8-9H,7,10-11H2. The van der Waals surface area contributed by atoms with Crippen LogP contribution in [0.4, 0.5) is 0 Å². The van der Waals surface area contributed by atoms with Crippen molar-refractivity contribution in [1.29, 1.82) is 0 Å². The molecule has 0 aliphatic carbocycles. The van der Waals surface area contributed by atoms with E-state index in [9.17, 15) is 4.79 Å². The fourth-order valence-electron chi connectivity index (χ4n) is 2.34. The summed E-state index contributed by atoms with van der Waals surface area (Å²) >= 11 is 5.95. The van der Waals surface area contributed by atoms with Crippen molar-refractivity contribution in [2.24, 2.45) is 0 Å². The van der Waals surface area contributed by atoms with E-state index in [2.05, 4.69) is 9.97 Å². The van der Waals surface area contributed by atoms with Crippen LogP contribution in [0.3, 0.4) is 0 Å². The third kappa shape index (κ3) is 2.81. The van der Waals surface area contributed by atoms with Crippen LogP contribution in [-0.2, 0) is 18.8 Å². The van der Waals surface area contributed by atoms with Gasteiger partial charge in [0.15, 0.2) is 0 Å². The zero-order valence-electron chi connectivity index (χ0n) is 11.4. The first-order valence-electron chi connectivity index (χ1n) is 6.73. The number of rotatable bonds is 4. The van der Waals surface area contributed by atoms with Gasteiger partial charge in [-0.05, 0) is 36.2 Å². The zero-order valence-corrected chi connectivity index (χ0v) is 12.1. The minimum absolute atomic E-state index is 0.0368. The molecule has 21 heavy (non-hydrogen) atoms. The van der Waals surface area contributed by atoms with E-state index >= 15 is 0 Å². The molecule has 5 heteroatoms. The molecule has 3 aromatic rings. The third-order valence-electron chi connectivity index (χ3n) is 3.43. The molecule has 0 saturated heterocycles. The molecule has 3 rings (SSSR count). The van der Waals surface area contributed by atoms with Crippen LogP contribution in [0.2, 0.25) is 0 Å². The van der Waals surface area contributed by atoms with Gasteiger partial charge in [0.25, 0.3) is 5.56 Å². The summed E-state index contributed by atoms with van der Waals surface area (Å²) in [6.45, 7) is 0.558. The molecule has 0 saturated carbocycles. The van der Waals surface area contributed by atoms with Crippen LogP contribution in [0.5, 0.6) is 0 Å². The predicted molar refractivity (Wildman–Crippen MR) is 83.5 cm³/mol. The molecule has 2 heterocycles. The van der Waals surface area contributed by atoms with Gasteiger partial charge in [-0.3, -0.25) is 14.3 Å². The van der Waals surface area contributed by atoms with Gasteiger partial charge in [-0.1, -0.05) is 12.1 Å². The maximum Gasteiger partial charge on any atom is 0.261 e. The molecule has 1 aromatic carbocycles. The van der Waals surface area contributed by atoms with Gasteiger partial charge in [-0.2, -0.15) is 0 Å². The highest BCUT2D eigenvalue weighted by molar-refractivity contribution is 6.16. The fourth-order valence-corrected chi connectivity index (χ4v) is 2.54. The van der Waals surface area contributed by atoms with Crippen molar-refractivity contribution in [3.8, 4) is 0 Å². The Labute approximate surface area is 127 Å². The average Bonchev–Trinajstić information content (AvgIpc) is 2.55. The quantitative estimate of drug-likeness (QED) is 0.696. The van der Waals surface area contributed by atoms with E-state index in [1.54, 1.807) is 23.0 Å². The molecule has 0 aliphatic heterocycles. The molecule has 0 spiro atoms. The van der Waals surface area contributed by atoms with Gasteiger partial charge < -0.3 is 0 Å².